The van der Waals surface area contributed by atoms with Gasteiger partial charge >= 0.3 is 0 Å². The van der Waals surface area contributed by atoms with Gasteiger partial charge in [-0.3, -0.25) is 9.10 Å². The van der Waals surface area contributed by atoms with E-state index >= 15 is 0 Å². The van der Waals surface area contributed by atoms with Crippen molar-refractivity contribution in [1.82, 2.24) is 0 Å². The van der Waals surface area contributed by atoms with Gasteiger partial charge in [-0.1, -0.05) is 23.2 Å². The second kappa shape index (κ2) is 6.78. The summed E-state index contributed by atoms with van der Waals surface area (Å²) in [5.41, 5.74) is 0.916. The number of hydrogen-bond acceptors (Lipinski definition) is 3. The standard InChI is InChI=1S/C15H14Cl2N2O3S/c1-10(20)18-11-3-6-13(7-4-11)23(21,22)19(2)12-5-8-14(16)15(17)9-12/h3-9H,1-2H3,(H,18,20). The number of sulfonamides is 1. The number of halogens is 2. The van der Waals surface area contributed by atoms with E-state index in [9.17, 15) is 13.2 Å². The van der Waals surface area contributed by atoms with E-state index in [1.807, 2.05) is 0 Å². The fourth-order valence-corrected chi connectivity index (χ4v) is 3.37. The molecule has 2 aromatic carbocycles. The number of hydrogen-bond donors (Lipinski definition) is 1. The van der Waals surface area contributed by atoms with Gasteiger partial charge in [-0.15, -0.1) is 0 Å². The molecular weight excluding hydrogens is 359 g/mol. The lowest BCUT2D eigenvalue weighted by Crippen LogP contribution is -2.26. The highest BCUT2D eigenvalue weighted by molar-refractivity contribution is 7.92. The Morgan fingerprint density at radius 3 is 2.17 bits per heavy atom. The summed E-state index contributed by atoms with van der Waals surface area (Å²) >= 11 is 11.8. The minimum Gasteiger partial charge on any atom is -0.326 e. The molecule has 0 radical (unpaired) electrons. The Morgan fingerprint density at radius 2 is 1.65 bits per heavy atom. The van der Waals surface area contributed by atoms with Gasteiger partial charge in [0.25, 0.3) is 10.0 Å². The third kappa shape index (κ3) is 3.96. The summed E-state index contributed by atoms with van der Waals surface area (Å²) in [7, 11) is -2.32. The Hall–Kier alpha value is -1.76. The van der Waals surface area contributed by atoms with Gasteiger partial charge in [0.15, 0.2) is 0 Å². The normalized spacial score (nSPS) is 11.1. The number of anilines is 2. The monoisotopic (exact) mass is 372 g/mol. The number of amides is 1. The highest BCUT2D eigenvalue weighted by Gasteiger charge is 2.21. The third-order valence-electron chi connectivity index (χ3n) is 3.10. The lowest BCUT2D eigenvalue weighted by molar-refractivity contribution is -0.114. The van der Waals surface area contributed by atoms with Crippen molar-refractivity contribution in [3.63, 3.8) is 0 Å². The van der Waals surface area contributed by atoms with Crippen LogP contribution in [0.3, 0.4) is 0 Å². The molecule has 0 aliphatic heterocycles. The van der Waals surface area contributed by atoms with Crippen LogP contribution < -0.4 is 9.62 Å². The lowest BCUT2D eigenvalue weighted by Gasteiger charge is -2.20. The van der Waals surface area contributed by atoms with Crippen molar-refractivity contribution < 1.29 is 13.2 Å². The molecule has 0 saturated heterocycles. The molecule has 0 atom stereocenters. The highest BCUT2D eigenvalue weighted by atomic mass is 35.5. The molecule has 2 rings (SSSR count). The van der Waals surface area contributed by atoms with E-state index in [0.29, 0.717) is 16.4 Å². The van der Waals surface area contributed by atoms with E-state index in [0.717, 1.165) is 4.31 Å². The number of nitrogens with one attached hydrogen (secondary N) is 1. The van der Waals surface area contributed by atoms with Crippen LogP contribution >= 0.6 is 23.2 Å². The molecular formula is C15H14Cl2N2O3S. The van der Waals surface area contributed by atoms with Crippen LogP contribution in [-0.4, -0.2) is 21.4 Å². The maximum absolute atomic E-state index is 12.6. The topological polar surface area (TPSA) is 66.5 Å². The summed E-state index contributed by atoms with van der Waals surface area (Å²) < 4.78 is 26.4. The summed E-state index contributed by atoms with van der Waals surface area (Å²) in [5, 5.41) is 3.20. The van der Waals surface area contributed by atoms with E-state index in [1.165, 1.54) is 50.4 Å². The number of carbonyl (C=O) groups excluding carboxylic acids is 1. The summed E-state index contributed by atoms with van der Waals surface area (Å²) in [6.07, 6.45) is 0. The van der Waals surface area contributed by atoms with Crippen molar-refractivity contribution in [2.75, 3.05) is 16.7 Å². The van der Waals surface area contributed by atoms with Crippen LogP contribution in [0.4, 0.5) is 11.4 Å². The Balaban J connectivity index is 2.33. The van der Waals surface area contributed by atoms with Crippen molar-refractivity contribution in [3.05, 3.63) is 52.5 Å². The molecule has 1 amide bonds. The van der Waals surface area contributed by atoms with Crippen LogP contribution in [0.2, 0.25) is 10.0 Å². The molecule has 1 N–H and O–H groups in total. The molecule has 0 aliphatic carbocycles. The van der Waals surface area contributed by atoms with E-state index in [1.54, 1.807) is 6.07 Å². The van der Waals surface area contributed by atoms with Crippen LogP contribution in [0.25, 0.3) is 0 Å². The van der Waals surface area contributed by atoms with E-state index in [4.69, 9.17) is 23.2 Å². The SMILES string of the molecule is CC(=O)Nc1ccc(S(=O)(=O)N(C)c2ccc(Cl)c(Cl)c2)cc1. The maximum atomic E-state index is 12.6. The van der Waals surface area contributed by atoms with Crippen molar-refractivity contribution in [2.24, 2.45) is 0 Å². The summed E-state index contributed by atoms with van der Waals surface area (Å²) in [4.78, 5) is 11.1. The first-order chi connectivity index (χ1) is 10.7. The van der Waals surface area contributed by atoms with Crippen molar-refractivity contribution in [3.8, 4) is 0 Å². The molecule has 0 aliphatic rings. The Labute approximate surface area is 144 Å². The number of benzene rings is 2. The van der Waals surface area contributed by atoms with Gasteiger partial charge in [-0.25, -0.2) is 8.42 Å². The minimum absolute atomic E-state index is 0.0974. The summed E-state index contributed by atoms with van der Waals surface area (Å²) in [5.74, 6) is -0.228. The second-order valence-electron chi connectivity index (χ2n) is 4.78. The van der Waals surface area contributed by atoms with E-state index < -0.39 is 10.0 Å². The van der Waals surface area contributed by atoms with Gasteiger partial charge in [0.1, 0.15) is 0 Å². The summed E-state index contributed by atoms with van der Waals surface area (Å²) in [6.45, 7) is 1.38. The zero-order chi connectivity index (χ0) is 17.2. The molecule has 2 aromatic rings. The average molecular weight is 373 g/mol. The van der Waals surface area contributed by atoms with Crippen LogP contribution in [-0.2, 0) is 14.8 Å². The summed E-state index contributed by atoms with van der Waals surface area (Å²) in [6, 6.07) is 10.5. The Morgan fingerprint density at radius 1 is 1.04 bits per heavy atom. The molecule has 0 bridgehead atoms. The zero-order valence-corrected chi connectivity index (χ0v) is 14.7. The maximum Gasteiger partial charge on any atom is 0.264 e. The third-order valence-corrected chi connectivity index (χ3v) is 5.64. The zero-order valence-electron chi connectivity index (χ0n) is 12.4. The fourth-order valence-electron chi connectivity index (χ4n) is 1.89. The van der Waals surface area contributed by atoms with Gasteiger partial charge in [-0.05, 0) is 42.5 Å². The predicted octanol–water partition coefficient (Wildman–Crippen LogP) is 3.78. The highest BCUT2D eigenvalue weighted by Crippen LogP contribution is 2.29. The first-order valence-electron chi connectivity index (χ1n) is 6.53. The first-order valence-corrected chi connectivity index (χ1v) is 8.73. The van der Waals surface area contributed by atoms with Crippen molar-refractivity contribution in [2.45, 2.75) is 11.8 Å². The molecule has 0 aromatic heterocycles. The van der Waals surface area contributed by atoms with Gasteiger partial charge in [0.2, 0.25) is 5.91 Å². The van der Waals surface area contributed by atoms with Crippen LogP contribution in [0.1, 0.15) is 6.92 Å². The Kier molecular flexibility index (Phi) is 5.19. The molecule has 122 valence electrons. The van der Waals surface area contributed by atoms with E-state index in [2.05, 4.69) is 5.32 Å². The first kappa shape index (κ1) is 17.6. The molecule has 0 saturated carbocycles. The minimum atomic E-state index is -3.75. The molecule has 0 fully saturated rings. The molecule has 5 nitrogen and oxygen atoms in total. The molecule has 0 heterocycles. The van der Waals surface area contributed by atoms with Gasteiger partial charge in [0.05, 0.1) is 20.6 Å². The van der Waals surface area contributed by atoms with E-state index in [-0.39, 0.29) is 15.8 Å². The molecule has 0 spiro atoms. The number of carbonyl (C=O) groups is 1. The smallest absolute Gasteiger partial charge is 0.264 e. The largest absolute Gasteiger partial charge is 0.326 e. The van der Waals surface area contributed by atoms with Crippen LogP contribution in [0.5, 0.6) is 0 Å². The van der Waals surface area contributed by atoms with Gasteiger partial charge in [0, 0.05) is 19.7 Å². The molecule has 8 heteroatoms. The molecule has 0 unspecified atom stereocenters. The number of nitrogens with zero attached hydrogens (tertiary/aromatic N) is 1. The van der Waals surface area contributed by atoms with Crippen LogP contribution in [0, 0.1) is 0 Å². The Bertz CT molecular complexity index is 836. The quantitative estimate of drug-likeness (QED) is 0.887. The average Bonchev–Trinajstić information content (AvgIpc) is 2.49. The van der Waals surface area contributed by atoms with Crippen LogP contribution in [0.15, 0.2) is 47.4 Å². The second-order valence-corrected chi connectivity index (χ2v) is 7.56. The van der Waals surface area contributed by atoms with Crippen molar-refractivity contribution in [1.29, 1.82) is 0 Å². The fraction of sp³-hybridized carbons (Fsp3) is 0.133. The van der Waals surface area contributed by atoms with Gasteiger partial charge < -0.3 is 5.32 Å². The number of rotatable bonds is 4. The lowest BCUT2D eigenvalue weighted by atomic mass is 10.3. The van der Waals surface area contributed by atoms with Gasteiger partial charge in [-0.2, -0.15) is 0 Å². The van der Waals surface area contributed by atoms with Crippen molar-refractivity contribution >= 4 is 50.5 Å². The predicted molar refractivity (Wildman–Crippen MR) is 92.8 cm³/mol. The molecule has 23 heavy (non-hydrogen) atoms.